The quantitative estimate of drug-likeness (QED) is 0.516. The summed E-state index contributed by atoms with van der Waals surface area (Å²) < 4.78 is 18.4. The number of furan rings is 1. The molecule has 118 valence electrons. The second-order valence-corrected chi connectivity index (χ2v) is 5.65. The van der Waals surface area contributed by atoms with E-state index in [1.165, 1.54) is 0 Å². The molecule has 0 atom stereocenters. The fourth-order valence-electron chi connectivity index (χ4n) is 2.26. The van der Waals surface area contributed by atoms with Crippen molar-refractivity contribution in [3.8, 4) is 17.1 Å². The summed E-state index contributed by atoms with van der Waals surface area (Å²) in [4.78, 5) is 0. The highest BCUT2D eigenvalue weighted by atomic mass is 32.1. The van der Waals surface area contributed by atoms with Gasteiger partial charge in [0.2, 0.25) is 5.76 Å². The van der Waals surface area contributed by atoms with Crippen LogP contribution in [0.4, 0.5) is 0 Å². The lowest BCUT2D eigenvalue weighted by molar-refractivity contribution is -0.403. The number of hydrogen-bond acceptors (Lipinski definition) is 4. The van der Waals surface area contributed by atoms with Gasteiger partial charge in [-0.1, -0.05) is 12.6 Å². The van der Waals surface area contributed by atoms with Crippen molar-refractivity contribution in [2.75, 3.05) is 13.7 Å². The lowest BCUT2D eigenvalue weighted by Gasteiger charge is -2.00. The molecule has 0 fully saturated rings. The zero-order valence-corrected chi connectivity index (χ0v) is 14.5. The largest absolute Gasteiger partial charge is 0.497 e. The highest BCUT2D eigenvalue weighted by molar-refractivity contribution is 7.97. The number of thiol groups is 1. The molecule has 1 aliphatic heterocycles. The summed E-state index contributed by atoms with van der Waals surface area (Å²) in [6.07, 6.45) is 1.79. The molecule has 0 bridgehead atoms. The zero-order chi connectivity index (χ0) is 16.4. The SMILES string of the molecule is CC[N+]1=C(S)C(=Cc2ccc(-c3ccc(OC)cc3)o2)OC1=S. The first-order valence-corrected chi connectivity index (χ1v) is 7.99. The van der Waals surface area contributed by atoms with Crippen LogP contribution < -0.4 is 4.74 Å². The second kappa shape index (κ2) is 6.60. The van der Waals surface area contributed by atoms with Gasteiger partial charge >= 0.3 is 5.17 Å². The Morgan fingerprint density at radius 1 is 1.22 bits per heavy atom. The molecule has 23 heavy (non-hydrogen) atoms. The predicted molar refractivity (Wildman–Crippen MR) is 97.2 cm³/mol. The number of thiocarbonyl (C=S) groups is 1. The Labute approximate surface area is 145 Å². The first-order valence-electron chi connectivity index (χ1n) is 7.14. The summed E-state index contributed by atoms with van der Waals surface area (Å²) in [6.45, 7) is 2.70. The number of benzene rings is 1. The average molecular weight is 346 g/mol. The minimum absolute atomic E-state index is 0.408. The second-order valence-electron chi connectivity index (χ2n) is 4.87. The highest BCUT2D eigenvalue weighted by Crippen LogP contribution is 2.26. The number of methoxy groups -OCH3 is 1. The molecular formula is C17H16NO3S2+. The maximum absolute atomic E-state index is 5.85. The number of rotatable bonds is 4. The van der Waals surface area contributed by atoms with Gasteiger partial charge in [0.25, 0.3) is 5.04 Å². The molecule has 4 nitrogen and oxygen atoms in total. The lowest BCUT2D eigenvalue weighted by Crippen LogP contribution is -2.15. The van der Waals surface area contributed by atoms with E-state index in [1.807, 2.05) is 47.9 Å². The Kier molecular flexibility index (Phi) is 4.54. The van der Waals surface area contributed by atoms with E-state index in [0.29, 0.717) is 28.3 Å². The van der Waals surface area contributed by atoms with E-state index in [-0.39, 0.29) is 0 Å². The van der Waals surface area contributed by atoms with Gasteiger partial charge in [0.1, 0.15) is 17.3 Å². The summed E-state index contributed by atoms with van der Waals surface area (Å²) in [5, 5.41) is 1.10. The van der Waals surface area contributed by atoms with Crippen LogP contribution >= 0.6 is 24.8 Å². The van der Waals surface area contributed by atoms with Crippen LogP contribution in [0, 0.1) is 0 Å². The summed E-state index contributed by atoms with van der Waals surface area (Å²) in [7, 11) is 1.64. The van der Waals surface area contributed by atoms with E-state index in [1.54, 1.807) is 13.2 Å². The van der Waals surface area contributed by atoms with Crippen LogP contribution in [0.5, 0.6) is 5.75 Å². The first kappa shape index (κ1) is 15.8. The maximum atomic E-state index is 5.85. The van der Waals surface area contributed by atoms with Crippen LogP contribution in [0.3, 0.4) is 0 Å². The molecule has 1 aromatic carbocycles. The third-order valence-corrected chi connectivity index (χ3v) is 4.25. The molecule has 0 saturated heterocycles. The van der Waals surface area contributed by atoms with Crippen LogP contribution in [0.15, 0.2) is 46.6 Å². The van der Waals surface area contributed by atoms with Gasteiger partial charge in [0.05, 0.1) is 7.11 Å². The molecular weight excluding hydrogens is 330 g/mol. The summed E-state index contributed by atoms with van der Waals surface area (Å²) in [6, 6.07) is 11.5. The first-order chi connectivity index (χ1) is 11.1. The van der Waals surface area contributed by atoms with Gasteiger partial charge in [-0.2, -0.15) is 0 Å². The predicted octanol–water partition coefficient (Wildman–Crippen LogP) is 3.97. The minimum atomic E-state index is 0.408. The molecule has 0 amide bonds. The third-order valence-electron chi connectivity index (χ3n) is 3.48. The summed E-state index contributed by atoms with van der Waals surface area (Å²) in [5.41, 5.74) is 0.976. The van der Waals surface area contributed by atoms with Crippen molar-refractivity contribution in [1.29, 1.82) is 0 Å². The zero-order valence-electron chi connectivity index (χ0n) is 12.8. The minimum Gasteiger partial charge on any atom is -0.497 e. The molecule has 2 aromatic rings. The number of hydrogen-bond donors (Lipinski definition) is 1. The summed E-state index contributed by atoms with van der Waals surface area (Å²) >= 11 is 9.62. The van der Waals surface area contributed by atoms with Crippen molar-refractivity contribution in [2.24, 2.45) is 0 Å². The lowest BCUT2D eigenvalue weighted by atomic mass is 10.2. The van der Waals surface area contributed by atoms with Crippen molar-refractivity contribution in [1.82, 2.24) is 0 Å². The molecule has 0 N–H and O–H groups in total. The number of nitrogens with zero attached hydrogens (tertiary/aromatic N) is 1. The molecule has 0 saturated carbocycles. The van der Waals surface area contributed by atoms with Gasteiger partial charge in [-0.25, -0.2) is 0 Å². The van der Waals surface area contributed by atoms with E-state index in [9.17, 15) is 0 Å². The van der Waals surface area contributed by atoms with Crippen molar-refractivity contribution in [3.63, 3.8) is 0 Å². The van der Waals surface area contributed by atoms with Gasteiger partial charge in [-0.15, -0.1) is 4.58 Å². The Morgan fingerprint density at radius 2 is 1.96 bits per heavy atom. The topological polar surface area (TPSA) is 34.6 Å². The maximum Gasteiger partial charge on any atom is 0.447 e. The van der Waals surface area contributed by atoms with Gasteiger partial charge in [-0.3, -0.25) is 0 Å². The van der Waals surface area contributed by atoms with Gasteiger partial charge in [0.15, 0.2) is 6.54 Å². The molecule has 1 aromatic heterocycles. The van der Waals surface area contributed by atoms with Gasteiger partial charge in [0, 0.05) is 23.9 Å². The van der Waals surface area contributed by atoms with Crippen molar-refractivity contribution < 1.29 is 18.5 Å². The van der Waals surface area contributed by atoms with E-state index >= 15 is 0 Å². The highest BCUT2D eigenvalue weighted by Gasteiger charge is 2.32. The normalized spacial score (nSPS) is 16.1. The fraction of sp³-hybridized carbons (Fsp3) is 0.176. The van der Waals surface area contributed by atoms with E-state index in [4.69, 9.17) is 26.1 Å². The van der Waals surface area contributed by atoms with E-state index < -0.39 is 0 Å². The van der Waals surface area contributed by atoms with Crippen molar-refractivity contribution >= 4 is 41.1 Å². The van der Waals surface area contributed by atoms with Crippen LogP contribution in [-0.4, -0.2) is 28.4 Å². The Bertz CT molecular complexity index is 804. The van der Waals surface area contributed by atoms with Gasteiger partial charge in [-0.05, 0) is 43.3 Å². The monoisotopic (exact) mass is 346 g/mol. The molecule has 3 rings (SSSR count). The van der Waals surface area contributed by atoms with Crippen LogP contribution in [0.2, 0.25) is 0 Å². The Hall–Kier alpha value is -2.05. The summed E-state index contributed by atoms with van der Waals surface area (Å²) in [5.74, 6) is 2.85. The number of ether oxygens (including phenoxy) is 2. The molecule has 0 unspecified atom stereocenters. The molecule has 6 heteroatoms. The molecule has 2 heterocycles. The Balaban J connectivity index is 1.86. The van der Waals surface area contributed by atoms with Crippen molar-refractivity contribution in [3.05, 3.63) is 47.9 Å². The fourth-order valence-corrected chi connectivity index (χ4v) is 2.98. The smallest absolute Gasteiger partial charge is 0.447 e. The van der Waals surface area contributed by atoms with Gasteiger partial charge < -0.3 is 13.9 Å². The molecule has 1 aliphatic rings. The standard InChI is InChI=1S/C17H15NO3S2/c1-3-18-16(22)15(21-17(18)23)10-13-8-9-14(20-13)11-4-6-12(19-2)7-5-11/h4-10H,3H2,1-2H3/p+1. The third kappa shape index (κ3) is 3.18. The molecule has 0 radical (unpaired) electrons. The van der Waals surface area contributed by atoms with Crippen LogP contribution in [0.25, 0.3) is 17.4 Å². The van der Waals surface area contributed by atoms with Crippen molar-refractivity contribution in [2.45, 2.75) is 6.92 Å². The van der Waals surface area contributed by atoms with E-state index in [2.05, 4.69) is 12.6 Å². The van der Waals surface area contributed by atoms with E-state index in [0.717, 1.165) is 17.1 Å². The van der Waals surface area contributed by atoms with Crippen LogP contribution in [0.1, 0.15) is 12.7 Å². The average Bonchev–Trinajstić information content (AvgIpc) is 3.13. The Morgan fingerprint density at radius 3 is 2.57 bits per heavy atom. The van der Waals surface area contributed by atoms with Crippen LogP contribution in [-0.2, 0) is 4.74 Å². The molecule has 0 aliphatic carbocycles. The molecule has 0 spiro atoms.